The summed E-state index contributed by atoms with van der Waals surface area (Å²) in [5.74, 6) is -2.13. The van der Waals surface area contributed by atoms with Crippen LogP contribution in [0.1, 0.15) is 69.2 Å². The first-order valence-corrected chi connectivity index (χ1v) is 11.4. The van der Waals surface area contributed by atoms with Crippen molar-refractivity contribution < 1.29 is 48.7 Å². The SMILES string of the molecule is CC(C)[C@H](NC(=O)OC(C)(C)C)C(=O)O.CC(C)[C@H](NC(=O)OC(C)(C)C)C(=O)OCC(O)CO. The average molecular weight is 509 g/mol. The third kappa shape index (κ3) is 18.4. The summed E-state index contributed by atoms with van der Waals surface area (Å²) in [4.78, 5) is 45.5. The van der Waals surface area contributed by atoms with Crippen molar-refractivity contribution >= 4 is 24.1 Å². The lowest BCUT2D eigenvalue weighted by atomic mass is 10.1. The maximum Gasteiger partial charge on any atom is 0.408 e. The van der Waals surface area contributed by atoms with E-state index >= 15 is 0 Å². The highest BCUT2D eigenvalue weighted by Crippen LogP contribution is 2.10. The Morgan fingerprint density at radius 1 is 0.771 bits per heavy atom. The number of carboxylic acids is 1. The second kappa shape index (κ2) is 15.4. The Morgan fingerprint density at radius 2 is 1.14 bits per heavy atom. The third-order valence-electron chi connectivity index (χ3n) is 3.83. The number of aliphatic hydroxyl groups is 2. The first kappa shape index (κ1) is 34.6. The third-order valence-corrected chi connectivity index (χ3v) is 3.83. The van der Waals surface area contributed by atoms with E-state index < -0.39 is 60.1 Å². The van der Waals surface area contributed by atoms with Gasteiger partial charge >= 0.3 is 24.1 Å². The zero-order chi connectivity index (χ0) is 28.1. The molecule has 0 aromatic heterocycles. The maximum atomic E-state index is 11.8. The minimum atomic E-state index is -1.13. The molecule has 12 nitrogen and oxygen atoms in total. The molecule has 0 aliphatic rings. The molecule has 1 unspecified atom stereocenters. The Labute approximate surface area is 207 Å². The highest BCUT2D eigenvalue weighted by Gasteiger charge is 2.29. The smallest absolute Gasteiger partial charge is 0.408 e. The van der Waals surface area contributed by atoms with Crippen LogP contribution in [0.2, 0.25) is 0 Å². The number of aliphatic carboxylic acids is 1. The van der Waals surface area contributed by atoms with Gasteiger partial charge in [-0.2, -0.15) is 0 Å². The van der Waals surface area contributed by atoms with Crippen LogP contribution in [-0.2, 0) is 23.8 Å². The zero-order valence-corrected chi connectivity index (χ0v) is 22.5. The zero-order valence-electron chi connectivity index (χ0n) is 22.5. The van der Waals surface area contributed by atoms with E-state index in [9.17, 15) is 19.2 Å². The van der Waals surface area contributed by atoms with Crippen molar-refractivity contribution in [3.05, 3.63) is 0 Å². The van der Waals surface area contributed by atoms with E-state index in [4.69, 9.17) is 29.5 Å². The Balaban J connectivity index is 0. The Morgan fingerprint density at radius 3 is 1.43 bits per heavy atom. The van der Waals surface area contributed by atoms with Crippen LogP contribution in [0.5, 0.6) is 0 Å². The van der Waals surface area contributed by atoms with Gasteiger partial charge in [-0.3, -0.25) is 0 Å². The molecule has 0 saturated heterocycles. The Hall–Kier alpha value is -2.60. The number of aliphatic hydroxyl groups excluding tert-OH is 2. The van der Waals surface area contributed by atoms with Gasteiger partial charge in [0.1, 0.15) is 36.0 Å². The summed E-state index contributed by atoms with van der Waals surface area (Å²) in [7, 11) is 0. The average Bonchev–Trinajstić information content (AvgIpc) is 2.65. The number of ether oxygens (including phenoxy) is 3. The fourth-order valence-corrected chi connectivity index (χ4v) is 2.20. The van der Waals surface area contributed by atoms with E-state index in [1.165, 1.54) is 0 Å². The van der Waals surface area contributed by atoms with Crippen LogP contribution >= 0.6 is 0 Å². The predicted octanol–water partition coefficient (Wildman–Crippen LogP) is 2.05. The number of alkyl carbamates (subject to hydrolysis) is 2. The van der Waals surface area contributed by atoms with Gasteiger partial charge in [0.15, 0.2) is 0 Å². The molecular weight excluding hydrogens is 464 g/mol. The molecule has 0 rings (SSSR count). The molecule has 2 amide bonds. The normalized spacial score (nSPS) is 14.1. The van der Waals surface area contributed by atoms with Gasteiger partial charge in [0.05, 0.1) is 6.61 Å². The van der Waals surface area contributed by atoms with E-state index in [1.807, 2.05) is 0 Å². The number of amides is 2. The fraction of sp³-hybridized carbons (Fsp3) is 0.826. The van der Waals surface area contributed by atoms with Crippen molar-refractivity contribution in [3.63, 3.8) is 0 Å². The number of carbonyl (C=O) groups is 4. The molecule has 0 aliphatic carbocycles. The van der Waals surface area contributed by atoms with E-state index in [0.29, 0.717) is 0 Å². The molecule has 5 N–H and O–H groups in total. The number of esters is 1. The molecule has 0 saturated carbocycles. The summed E-state index contributed by atoms with van der Waals surface area (Å²) in [6.07, 6.45) is -2.55. The lowest BCUT2D eigenvalue weighted by Crippen LogP contribution is -2.47. The molecular formula is C23H44N2O10. The van der Waals surface area contributed by atoms with Crippen molar-refractivity contribution in [3.8, 4) is 0 Å². The summed E-state index contributed by atoms with van der Waals surface area (Å²) < 4.78 is 14.9. The fourth-order valence-electron chi connectivity index (χ4n) is 2.20. The molecule has 3 atom stereocenters. The summed E-state index contributed by atoms with van der Waals surface area (Å²) >= 11 is 0. The minimum absolute atomic E-state index is 0.185. The van der Waals surface area contributed by atoms with Gasteiger partial charge in [-0.1, -0.05) is 27.7 Å². The number of rotatable bonds is 9. The van der Waals surface area contributed by atoms with Gasteiger partial charge in [-0.15, -0.1) is 0 Å². The highest BCUT2D eigenvalue weighted by atomic mass is 16.6. The van der Waals surface area contributed by atoms with Crippen LogP contribution in [-0.4, -0.2) is 82.0 Å². The molecule has 0 bridgehead atoms. The molecule has 0 aromatic carbocycles. The molecule has 0 spiro atoms. The number of carboxylic acid groups (broad SMARTS) is 1. The van der Waals surface area contributed by atoms with Crippen LogP contribution < -0.4 is 10.6 Å². The van der Waals surface area contributed by atoms with Crippen LogP contribution in [0.4, 0.5) is 9.59 Å². The van der Waals surface area contributed by atoms with Gasteiger partial charge in [-0.05, 0) is 53.4 Å². The summed E-state index contributed by atoms with van der Waals surface area (Å²) in [6.45, 7) is 16.4. The van der Waals surface area contributed by atoms with Crippen molar-refractivity contribution in [1.29, 1.82) is 0 Å². The monoisotopic (exact) mass is 508 g/mol. The number of carbonyl (C=O) groups excluding carboxylic acids is 3. The number of nitrogens with one attached hydrogen (secondary N) is 2. The standard InChI is InChI=1S/C13H25NO6.C10H19NO4/c1-8(2)10(11(17)19-7-9(16)6-15)14-12(18)20-13(3,4)5;1-6(2)7(8(12)13)11-9(14)15-10(3,4)5/h8-10,15-16H,6-7H2,1-5H3,(H,14,18);6-7H,1-5H3,(H,11,14)(H,12,13)/t9?,10-;7-/m00/s1. The van der Waals surface area contributed by atoms with Gasteiger partial charge in [-0.25, -0.2) is 19.2 Å². The number of hydrogen-bond acceptors (Lipinski definition) is 9. The molecule has 35 heavy (non-hydrogen) atoms. The van der Waals surface area contributed by atoms with Crippen LogP contribution in [0.25, 0.3) is 0 Å². The van der Waals surface area contributed by atoms with Crippen LogP contribution in [0.15, 0.2) is 0 Å². The van der Waals surface area contributed by atoms with Crippen molar-refractivity contribution in [2.75, 3.05) is 13.2 Å². The van der Waals surface area contributed by atoms with Gasteiger partial charge < -0.3 is 40.2 Å². The predicted molar refractivity (Wildman–Crippen MR) is 128 cm³/mol. The number of hydrogen-bond donors (Lipinski definition) is 5. The summed E-state index contributed by atoms with van der Waals surface area (Å²) in [6, 6.07) is -1.80. The van der Waals surface area contributed by atoms with E-state index in [-0.39, 0.29) is 18.4 Å². The molecule has 0 aliphatic heterocycles. The summed E-state index contributed by atoms with van der Waals surface area (Å²) in [5, 5.41) is 31.3. The molecule has 206 valence electrons. The molecule has 12 heteroatoms. The van der Waals surface area contributed by atoms with Gasteiger partial charge in [0.25, 0.3) is 0 Å². The van der Waals surface area contributed by atoms with E-state index in [0.717, 1.165) is 0 Å². The summed E-state index contributed by atoms with van der Waals surface area (Å²) in [5.41, 5.74) is -1.29. The Bertz CT molecular complexity index is 681. The van der Waals surface area contributed by atoms with Crippen LogP contribution in [0.3, 0.4) is 0 Å². The second-order valence-electron chi connectivity index (χ2n) is 10.5. The molecule has 0 heterocycles. The lowest BCUT2D eigenvalue weighted by Gasteiger charge is -2.24. The highest BCUT2D eigenvalue weighted by molar-refractivity contribution is 5.82. The lowest BCUT2D eigenvalue weighted by molar-refractivity contribution is -0.151. The quantitative estimate of drug-likeness (QED) is 0.228. The van der Waals surface area contributed by atoms with Crippen molar-refractivity contribution in [2.45, 2.75) is 98.6 Å². The van der Waals surface area contributed by atoms with E-state index in [1.54, 1.807) is 69.2 Å². The Kier molecular flexibility index (Phi) is 15.2. The molecule has 0 fully saturated rings. The van der Waals surface area contributed by atoms with Crippen molar-refractivity contribution in [1.82, 2.24) is 10.6 Å². The van der Waals surface area contributed by atoms with Gasteiger partial charge in [0, 0.05) is 0 Å². The minimum Gasteiger partial charge on any atom is -0.480 e. The first-order valence-electron chi connectivity index (χ1n) is 11.4. The topological polar surface area (TPSA) is 181 Å². The first-order chi connectivity index (χ1) is 15.7. The second-order valence-corrected chi connectivity index (χ2v) is 10.5. The largest absolute Gasteiger partial charge is 0.480 e. The van der Waals surface area contributed by atoms with Crippen LogP contribution in [0, 0.1) is 11.8 Å². The molecule has 0 radical (unpaired) electrons. The maximum absolute atomic E-state index is 11.8. The molecule has 0 aromatic rings. The van der Waals surface area contributed by atoms with E-state index in [2.05, 4.69) is 10.6 Å². The van der Waals surface area contributed by atoms with Gasteiger partial charge in [0.2, 0.25) is 0 Å². The van der Waals surface area contributed by atoms with Crippen molar-refractivity contribution in [2.24, 2.45) is 11.8 Å².